The molecule has 0 atom stereocenters. The second-order valence-electron chi connectivity index (χ2n) is 6.76. The maximum absolute atomic E-state index is 13.5. The number of benzene rings is 1. The topological polar surface area (TPSA) is 64.3 Å². The first-order valence-electron chi connectivity index (χ1n) is 7.70. The Morgan fingerprint density at radius 2 is 2.09 bits per heavy atom. The Labute approximate surface area is 135 Å². The SMILES string of the molecule is C[Si](C)(C)CCOCn1nc(CCO)c(=O)c2ccc(F)cc21. The highest BCUT2D eigenvalue weighted by molar-refractivity contribution is 6.76. The number of halogens is 1. The molecule has 0 unspecified atom stereocenters. The fourth-order valence-corrected chi connectivity index (χ4v) is 2.96. The summed E-state index contributed by atoms with van der Waals surface area (Å²) in [7, 11) is -1.19. The minimum absolute atomic E-state index is 0.156. The summed E-state index contributed by atoms with van der Waals surface area (Å²) < 4.78 is 20.7. The first-order valence-corrected chi connectivity index (χ1v) is 11.4. The van der Waals surface area contributed by atoms with E-state index in [0.29, 0.717) is 17.5 Å². The van der Waals surface area contributed by atoms with E-state index in [9.17, 15) is 9.18 Å². The van der Waals surface area contributed by atoms with E-state index >= 15 is 0 Å². The monoisotopic (exact) mass is 338 g/mol. The van der Waals surface area contributed by atoms with Crippen LogP contribution in [0.15, 0.2) is 23.0 Å². The first-order chi connectivity index (χ1) is 10.8. The number of ether oxygens (including phenoxy) is 1. The Balaban J connectivity index is 2.31. The molecule has 0 bridgehead atoms. The Hall–Kier alpha value is -1.57. The van der Waals surface area contributed by atoms with Crippen molar-refractivity contribution in [3.05, 3.63) is 39.9 Å². The zero-order valence-corrected chi connectivity index (χ0v) is 14.8. The summed E-state index contributed by atoms with van der Waals surface area (Å²) >= 11 is 0. The van der Waals surface area contributed by atoms with Crippen LogP contribution in [0.1, 0.15) is 5.69 Å². The number of nitrogens with zero attached hydrogens (tertiary/aromatic N) is 2. The Morgan fingerprint density at radius 1 is 1.35 bits per heavy atom. The van der Waals surface area contributed by atoms with Gasteiger partial charge in [0.05, 0.1) is 5.52 Å². The van der Waals surface area contributed by atoms with Gasteiger partial charge in [-0.15, -0.1) is 0 Å². The van der Waals surface area contributed by atoms with Crippen LogP contribution in [0.25, 0.3) is 10.9 Å². The summed E-state index contributed by atoms with van der Waals surface area (Å²) in [5.74, 6) is -0.426. The van der Waals surface area contributed by atoms with Gasteiger partial charge in [0.25, 0.3) is 0 Å². The largest absolute Gasteiger partial charge is 0.396 e. The van der Waals surface area contributed by atoms with E-state index < -0.39 is 13.9 Å². The molecule has 1 N–H and O–H groups in total. The van der Waals surface area contributed by atoms with Gasteiger partial charge >= 0.3 is 0 Å². The Morgan fingerprint density at radius 3 is 2.74 bits per heavy atom. The lowest BCUT2D eigenvalue weighted by Gasteiger charge is -2.16. The quantitative estimate of drug-likeness (QED) is 0.622. The first kappa shape index (κ1) is 17.8. The number of aliphatic hydroxyl groups excluding tert-OH is 1. The number of fused-ring (bicyclic) bond motifs is 1. The van der Waals surface area contributed by atoms with E-state index in [1.807, 2.05) is 0 Å². The maximum atomic E-state index is 13.5. The molecule has 5 nitrogen and oxygen atoms in total. The molecule has 126 valence electrons. The molecule has 1 aromatic carbocycles. The molecule has 0 aliphatic carbocycles. The standard InChI is InChI=1S/C16H23FN2O3Si/c1-23(2,3)9-8-22-11-19-15-10-12(17)4-5-13(15)16(21)14(18-19)6-7-20/h4-5,10,20H,6-9,11H2,1-3H3. The van der Waals surface area contributed by atoms with Crippen molar-refractivity contribution in [1.29, 1.82) is 0 Å². The summed E-state index contributed by atoms with van der Waals surface area (Å²) in [6.07, 6.45) is 0.168. The summed E-state index contributed by atoms with van der Waals surface area (Å²) in [6.45, 7) is 7.39. The van der Waals surface area contributed by atoms with Gasteiger partial charge in [-0.3, -0.25) is 4.79 Å². The number of rotatable bonds is 7. The molecule has 23 heavy (non-hydrogen) atoms. The highest BCUT2D eigenvalue weighted by Crippen LogP contribution is 2.13. The maximum Gasteiger partial charge on any atom is 0.211 e. The highest BCUT2D eigenvalue weighted by atomic mass is 28.3. The van der Waals surface area contributed by atoms with Crippen LogP contribution in [0, 0.1) is 5.82 Å². The lowest BCUT2D eigenvalue weighted by atomic mass is 10.1. The van der Waals surface area contributed by atoms with E-state index in [1.165, 1.54) is 22.9 Å². The van der Waals surface area contributed by atoms with Crippen molar-refractivity contribution in [3.63, 3.8) is 0 Å². The van der Waals surface area contributed by atoms with Crippen molar-refractivity contribution in [1.82, 2.24) is 9.78 Å². The predicted octanol–water partition coefficient (Wildman–Crippen LogP) is 2.38. The van der Waals surface area contributed by atoms with E-state index in [4.69, 9.17) is 9.84 Å². The van der Waals surface area contributed by atoms with Crippen LogP contribution in [0.2, 0.25) is 25.7 Å². The van der Waals surface area contributed by atoms with Crippen LogP contribution < -0.4 is 5.43 Å². The molecule has 2 rings (SSSR count). The average molecular weight is 338 g/mol. The molecule has 0 saturated heterocycles. The van der Waals surface area contributed by atoms with Crippen molar-refractivity contribution < 1.29 is 14.2 Å². The van der Waals surface area contributed by atoms with E-state index in [-0.39, 0.29) is 30.9 Å². The summed E-state index contributed by atoms with van der Waals surface area (Å²) in [6, 6.07) is 5.01. The van der Waals surface area contributed by atoms with Gasteiger partial charge in [-0.1, -0.05) is 19.6 Å². The normalized spacial score (nSPS) is 12.0. The minimum atomic E-state index is -1.19. The molecule has 1 heterocycles. The van der Waals surface area contributed by atoms with Crippen LogP contribution in [-0.2, 0) is 17.9 Å². The molecule has 0 spiro atoms. The molecule has 7 heteroatoms. The van der Waals surface area contributed by atoms with Gasteiger partial charge in [0.2, 0.25) is 5.43 Å². The molecular formula is C16H23FN2O3Si. The minimum Gasteiger partial charge on any atom is -0.396 e. The third-order valence-corrected chi connectivity index (χ3v) is 5.25. The zero-order valence-electron chi connectivity index (χ0n) is 13.8. The lowest BCUT2D eigenvalue weighted by Crippen LogP contribution is -2.24. The van der Waals surface area contributed by atoms with Crippen LogP contribution in [0.5, 0.6) is 0 Å². The molecule has 0 radical (unpaired) electrons. The number of aliphatic hydroxyl groups is 1. The molecule has 0 saturated carbocycles. The van der Waals surface area contributed by atoms with Crippen molar-refractivity contribution in [2.75, 3.05) is 13.2 Å². The van der Waals surface area contributed by atoms with Crippen molar-refractivity contribution >= 4 is 19.0 Å². The van der Waals surface area contributed by atoms with Crippen molar-refractivity contribution in [3.8, 4) is 0 Å². The number of aromatic nitrogens is 2. The average Bonchev–Trinajstić information content (AvgIpc) is 2.47. The van der Waals surface area contributed by atoms with E-state index in [0.717, 1.165) is 6.04 Å². The second-order valence-corrected chi connectivity index (χ2v) is 12.4. The molecule has 0 fully saturated rings. The van der Waals surface area contributed by atoms with Gasteiger partial charge in [-0.05, 0) is 24.2 Å². The van der Waals surface area contributed by atoms with Gasteiger partial charge < -0.3 is 9.84 Å². The molecule has 0 aliphatic heterocycles. The highest BCUT2D eigenvalue weighted by Gasteiger charge is 2.14. The van der Waals surface area contributed by atoms with Gasteiger partial charge in [-0.25, -0.2) is 9.07 Å². The lowest BCUT2D eigenvalue weighted by molar-refractivity contribution is 0.0803. The predicted molar refractivity (Wildman–Crippen MR) is 90.9 cm³/mol. The van der Waals surface area contributed by atoms with Crippen molar-refractivity contribution in [2.24, 2.45) is 0 Å². The number of hydrogen-bond donors (Lipinski definition) is 1. The smallest absolute Gasteiger partial charge is 0.211 e. The second kappa shape index (κ2) is 7.33. The van der Waals surface area contributed by atoms with Crippen LogP contribution >= 0.6 is 0 Å². The third-order valence-electron chi connectivity index (χ3n) is 3.54. The van der Waals surface area contributed by atoms with Crippen molar-refractivity contribution in [2.45, 2.75) is 38.8 Å². The molecule has 1 aromatic heterocycles. The summed E-state index contributed by atoms with van der Waals surface area (Å²) in [5.41, 5.74) is 0.400. The molecule has 0 aliphatic rings. The van der Waals surface area contributed by atoms with Crippen LogP contribution in [-0.4, -0.2) is 36.2 Å². The van der Waals surface area contributed by atoms with Gasteiger partial charge in [0.15, 0.2) is 0 Å². The van der Waals surface area contributed by atoms with E-state index in [2.05, 4.69) is 24.7 Å². The number of hydrogen-bond acceptors (Lipinski definition) is 4. The third kappa shape index (κ3) is 4.70. The zero-order chi connectivity index (χ0) is 17.0. The van der Waals surface area contributed by atoms with Gasteiger partial charge in [-0.2, -0.15) is 5.10 Å². The van der Waals surface area contributed by atoms with Crippen LogP contribution in [0.3, 0.4) is 0 Å². The Kier molecular flexibility index (Phi) is 5.67. The summed E-state index contributed by atoms with van der Waals surface area (Å²) in [4.78, 5) is 12.3. The van der Waals surface area contributed by atoms with E-state index in [1.54, 1.807) is 0 Å². The molecule has 0 amide bonds. The molecular weight excluding hydrogens is 315 g/mol. The fraction of sp³-hybridized carbons (Fsp3) is 0.500. The van der Waals surface area contributed by atoms with Gasteiger partial charge in [0, 0.05) is 33.1 Å². The Bertz CT molecular complexity index is 740. The van der Waals surface area contributed by atoms with Gasteiger partial charge in [0.1, 0.15) is 18.2 Å². The van der Waals surface area contributed by atoms with Crippen LogP contribution in [0.4, 0.5) is 4.39 Å². The fourth-order valence-electron chi connectivity index (χ4n) is 2.21. The summed E-state index contributed by atoms with van der Waals surface area (Å²) in [5, 5.41) is 13.7. The molecule has 2 aromatic rings.